The van der Waals surface area contributed by atoms with Crippen molar-refractivity contribution < 1.29 is 14.7 Å². The van der Waals surface area contributed by atoms with Crippen molar-refractivity contribution in [3.8, 4) is 5.69 Å². The first-order valence-electron chi connectivity index (χ1n) is 7.71. The molecule has 0 radical (unpaired) electrons. The van der Waals surface area contributed by atoms with Crippen LogP contribution in [-0.4, -0.2) is 67.8 Å². The van der Waals surface area contributed by atoms with E-state index in [0.717, 1.165) is 5.69 Å². The van der Waals surface area contributed by atoms with Crippen molar-refractivity contribution in [1.82, 2.24) is 30.4 Å². The molecule has 0 atom stereocenters. The van der Waals surface area contributed by atoms with Crippen LogP contribution >= 0.6 is 0 Å². The number of aromatic nitrogens is 4. The molecular weight excluding hydrogens is 312 g/mol. The highest BCUT2D eigenvalue weighted by Crippen LogP contribution is 2.10. The van der Waals surface area contributed by atoms with Crippen molar-refractivity contribution in [1.29, 1.82) is 0 Å². The van der Waals surface area contributed by atoms with Crippen LogP contribution in [0.5, 0.6) is 0 Å². The van der Waals surface area contributed by atoms with Gasteiger partial charge in [0.15, 0.2) is 0 Å². The molecule has 0 unspecified atom stereocenters. The summed E-state index contributed by atoms with van der Waals surface area (Å²) in [5, 5.41) is 22.9. The van der Waals surface area contributed by atoms with E-state index in [1.54, 1.807) is 29.2 Å². The van der Waals surface area contributed by atoms with Gasteiger partial charge in [0.25, 0.3) is 5.91 Å². The summed E-state index contributed by atoms with van der Waals surface area (Å²) < 4.78 is 1.48. The molecule has 0 saturated carbocycles. The number of aliphatic hydroxyl groups is 1. The number of hydrogen-bond donors (Lipinski definition) is 2. The van der Waals surface area contributed by atoms with Crippen LogP contribution in [0.4, 0.5) is 0 Å². The van der Waals surface area contributed by atoms with Crippen molar-refractivity contribution in [2.45, 2.75) is 18.9 Å². The highest BCUT2D eigenvalue weighted by atomic mass is 16.3. The van der Waals surface area contributed by atoms with Crippen LogP contribution < -0.4 is 5.32 Å². The van der Waals surface area contributed by atoms with Crippen LogP contribution in [0.2, 0.25) is 0 Å². The Bertz CT molecular complexity index is 693. The zero-order valence-corrected chi connectivity index (χ0v) is 13.0. The Labute approximate surface area is 138 Å². The highest BCUT2D eigenvalue weighted by Gasteiger charge is 2.21. The number of likely N-dealkylation sites (tertiary alicyclic amines) is 1. The van der Waals surface area contributed by atoms with E-state index in [9.17, 15) is 14.7 Å². The molecule has 126 valence electrons. The molecule has 0 aliphatic carbocycles. The lowest BCUT2D eigenvalue weighted by Gasteiger charge is -2.29. The molecule has 1 aliphatic rings. The number of piperidine rings is 1. The molecule has 1 fully saturated rings. The Morgan fingerprint density at radius 1 is 1.21 bits per heavy atom. The zero-order valence-electron chi connectivity index (χ0n) is 13.0. The second kappa shape index (κ2) is 7.18. The number of benzene rings is 1. The van der Waals surface area contributed by atoms with Gasteiger partial charge in [0, 0.05) is 18.7 Å². The van der Waals surface area contributed by atoms with E-state index in [4.69, 9.17) is 0 Å². The van der Waals surface area contributed by atoms with E-state index in [2.05, 4.69) is 20.8 Å². The van der Waals surface area contributed by atoms with Gasteiger partial charge in [-0.25, -0.2) is 4.68 Å². The molecule has 2 amide bonds. The number of nitrogens with zero attached hydrogens (tertiary/aromatic N) is 5. The average molecular weight is 330 g/mol. The van der Waals surface area contributed by atoms with E-state index in [0.29, 0.717) is 31.5 Å². The third-order valence-electron chi connectivity index (χ3n) is 3.96. The zero-order chi connectivity index (χ0) is 16.9. The van der Waals surface area contributed by atoms with Gasteiger partial charge in [-0.3, -0.25) is 9.59 Å². The molecular formula is C15H18N6O3. The Morgan fingerprint density at radius 2 is 1.92 bits per heavy atom. The van der Waals surface area contributed by atoms with Gasteiger partial charge in [-0.2, -0.15) is 0 Å². The summed E-state index contributed by atoms with van der Waals surface area (Å²) in [5.74, 6) is -0.454. The number of nitrogens with one attached hydrogen (secondary N) is 1. The van der Waals surface area contributed by atoms with Crippen LogP contribution in [0.1, 0.15) is 23.2 Å². The molecule has 2 N–H and O–H groups in total. The molecule has 1 aliphatic heterocycles. The first-order chi connectivity index (χ1) is 11.6. The number of carbonyl (C=O) groups is 2. The molecule has 2 heterocycles. The Morgan fingerprint density at radius 3 is 2.54 bits per heavy atom. The maximum absolute atomic E-state index is 12.1. The maximum atomic E-state index is 12.1. The number of amides is 2. The Kier molecular flexibility index (Phi) is 4.80. The van der Waals surface area contributed by atoms with Gasteiger partial charge in [0.2, 0.25) is 5.91 Å². The average Bonchev–Trinajstić information content (AvgIpc) is 3.15. The smallest absolute Gasteiger partial charge is 0.251 e. The number of hydrogen-bond acceptors (Lipinski definition) is 6. The summed E-state index contributed by atoms with van der Waals surface area (Å²) in [7, 11) is 0. The van der Waals surface area contributed by atoms with E-state index >= 15 is 0 Å². The number of rotatable bonds is 4. The van der Waals surface area contributed by atoms with Crippen LogP contribution in [0, 0.1) is 0 Å². The predicted octanol–water partition coefficient (Wildman–Crippen LogP) is -0.625. The molecule has 1 saturated heterocycles. The summed E-state index contributed by atoms with van der Waals surface area (Å²) in [5.41, 5.74) is 1.19. The molecule has 3 rings (SSSR count). The van der Waals surface area contributed by atoms with Crippen molar-refractivity contribution in [2.75, 3.05) is 19.6 Å². The third kappa shape index (κ3) is 3.74. The lowest BCUT2D eigenvalue weighted by molar-refractivity contribution is -0.132. The predicted molar refractivity (Wildman–Crippen MR) is 83.3 cm³/mol. The molecule has 1 aromatic carbocycles. The quantitative estimate of drug-likeness (QED) is 0.772. The fourth-order valence-corrected chi connectivity index (χ4v) is 2.53. The minimum atomic E-state index is -0.331. The van der Waals surface area contributed by atoms with E-state index in [-0.39, 0.29) is 24.5 Å². The van der Waals surface area contributed by atoms with Crippen molar-refractivity contribution >= 4 is 11.8 Å². The fraction of sp³-hybridized carbons (Fsp3) is 0.400. The van der Waals surface area contributed by atoms with Gasteiger partial charge in [-0.1, -0.05) is 0 Å². The monoisotopic (exact) mass is 330 g/mol. The van der Waals surface area contributed by atoms with Crippen molar-refractivity contribution in [2.24, 2.45) is 0 Å². The largest absolute Gasteiger partial charge is 0.393 e. The molecule has 0 bridgehead atoms. The Balaban J connectivity index is 1.52. The number of aliphatic hydroxyl groups excluding tert-OH is 1. The van der Waals surface area contributed by atoms with Gasteiger partial charge in [-0.15, -0.1) is 5.10 Å². The van der Waals surface area contributed by atoms with Gasteiger partial charge in [0.1, 0.15) is 6.33 Å². The van der Waals surface area contributed by atoms with Gasteiger partial charge in [0.05, 0.1) is 18.3 Å². The van der Waals surface area contributed by atoms with Gasteiger partial charge >= 0.3 is 0 Å². The van der Waals surface area contributed by atoms with E-state index < -0.39 is 0 Å². The summed E-state index contributed by atoms with van der Waals surface area (Å²) >= 11 is 0. The normalized spacial score (nSPS) is 15.3. The molecule has 24 heavy (non-hydrogen) atoms. The second-order valence-electron chi connectivity index (χ2n) is 5.60. The molecule has 0 spiro atoms. The first kappa shape index (κ1) is 16.1. The summed E-state index contributed by atoms with van der Waals surface area (Å²) in [4.78, 5) is 25.8. The summed E-state index contributed by atoms with van der Waals surface area (Å²) in [6, 6.07) is 6.74. The SMILES string of the molecule is O=C(NCC(=O)N1CCC(O)CC1)c1ccc(-n2cnnn2)cc1. The molecule has 9 heteroatoms. The van der Waals surface area contributed by atoms with Crippen molar-refractivity contribution in [3.05, 3.63) is 36.2 Å². The van der Waals surface area contributed by atoms with Gasteiger partial charge in [-0.05, 0) is 47.5 Å². The van der Waals surface area contributed by atoms with E-state index in [1.165, 1.54) is 11.0 Å². The second-order valence-corrected chi connectivity index (χ2v) is 5.60. The van der Waals surface area contributed by atoms with Crippen LogP contribution in [0.25, 0.3) is 5.69 Å². The van der Waals surface area contributed by atoms with Crippen molar-refractivity contribution in [3.63, 3.8) is 0 Å². The van der Waals surface area contributed by atoms with Crippen LogP contribution in [0.3, 0.4) is 0 Å². The van der Waals surface area contributed by atoms with Crippen LogP contribution in [0.15, 0.2) is 30.6 Å². The topological polar surface area (TPSA) is 113 Å². The third-order valence-corrected chi connectivity index (χ3v) is 3.96. The van der Waals surface area contributed by atoms with E-state index in [1.807, 2.05) is 0 Å². The minimum absolute atomic E-state index is 0.0519. The number of carbonyl (C=O) groups excluding carboxylic acids is 2. The molecule has 1 aromatic heterocycles. The Hall–Kier alpha value is -2.81. The van der Waals surface area contributed by atoms with Gasteiger partial charge < -0.3 is 15.3 Å². The summed E-state index contributed by atoms with van der Waals surface area (Å²) in [6.07, 6.45) is 2.29. The highest BCUT2D eigenvalue weighted by molar-refractivity contribution is 5.96. The van der Waals surface area contributed by atoms with Crippen LogP contribution in [-0.2, 0) is 4.79 Å². The molecule has 9 nitrogen and oxygen atoms in total. The lowest BCUT2D eigenvalue weighted by Crippen LogP contribution is -2.45. The maximum Gasteiger partial charge on any atom is 0.251 e. The standard InChI is InChI=1S/C15H18N6O3/c22-13-5-7-20(8-6-13)14(23)9-16-15(24)11-1-3-12(4-2-11)21-10-17-18-19-21/h1-4,10,13,22H,5-9H2,(H,16,24). The minimum Gasteiger partial charge on any atom is -0.393 e. The summed E-state index contributed by atoms with van der Waals surface area (Å²) in [6.45, 7) is 0.997. The number of tetrazole rings is 1. The molecule has 2 aromatic rings. The lowest BCUT2D eigenvalue weighted by atomic mass is 10.1. The fourth-order valence-electron chi connectivity index (χ4n) is 2.53. The first-order valence-corrected chi connectivity index (χ1v) is 7.71.